The first-order valence-electron chi connectivity index (χ1n) is 5.62. The summed E-state index contributed by atoms with van der Waals surface area (Å²) in [6, 6.07) is 7.76. The number of hydrogen-bond acceptors (Lipinski definition) is 3. The van der Waals surface area contributed by atoms with Crippen molar-refractivity contribution in [3.63, 3.8) is 0 Å². The Hall–Kier alpha value is -1.35. The third-order valence-corrected chi connectivity index (χ3v) is 2.97. The molecule has 3 heteroatoms. The fourth-order valence-corrected chi connectivity index (χ4v) is 1.94. The van der Waals surface area contributed by atoms with Crippen LogP contribution in [-0.2, 0) is 16.1 Å². The summed E-state index contributed by atoms with van der Waals surface area (Å²) in [6.07, 6.45) is 0.886. The SMILES string of the molecule is CCOC(=O)C1CC1c1ccc(CO)cc1. The standard InChI is InChI=1S/C13H16O3/c1-2-16-13(15)12-7-11(12)10-5-3-9(8-14)4-6-10/h3-6,11-12,14H,2,7-8H2,1H3. The number of carbonyl (C=O) groups is 1. The molecule has 0 aromatic heterocycles. The number of ether oxygens (including phenoxy) is 1. The fraction of sp³-hybridized carbons (Fsp3) is 0.462. The van der Waals surface area contributed by atoms with Crippen LogP contribution in [0.15, 0.2) is 24.3 Å². The van der Waals surface area contributed by atoms with Crippen molar-refractivity contribution >= 4 is 5.97 Å². The summed E-state index contributed by atoms with van der Waals surface area (Å²) in [6.45, 7) is 2.34. The van der Waals surface area contributed by atoms with Crippen molar-refractivity contribution in [2.45, 2.75) is 25.9 Å². The highest BCUT2D eigenvalue weighted by molar-refractivity contribution is 5.77. The minimum Gasteiger partial charge on any atom is -0.466 e. The Morgan fingerprint density at radius 3 is 2.69 bits per heavy atom. The van der Waals surface area contributed by atoms with E-state index in [1.165, 1.54) is 0 Å². The summed E-state index contributed by atoms with van der Waals surface area (Å²) in [5, 5.41) is 8.92. The molecular weight excluding hydrogens is 204 g/mol. The van der Waals surface area contributed by atoms with Gasteiger partial charge in [-0.3, -0.25) is 4.79 Å². The monoisotopic (exact) mass is 220 g/mol. The zero-order chi connectivity index (χ0) is 11.5. The molecule has 0 heterocycles. The van der Waals surface area contributed by atoms with E-state index in [4.69, 9.17) is 9.84 Å². The van der Waals surface area contributed by atoms with Crippen molar-refractivity contribution in [1.29, 1.82) is 0 Å². The van der Waals surface area contributed by atoms with Crippen LogP contribution < -0.4 is 0 Å². The highest BCUT2D eigenvalue weighted by atomic mass is 16.5. The van der Waals surface area contributed by atoms with E-state index in [1.807, 2.05) is 31.2 Å². The molecule has 0 spiro atoms. The third-order valence-electron chi connectivity index (χ3n) is 2.97. The van der Waals surface area contributed by atoms with Crippen LogP contribution in [0.25, 0.3) is 0 Å². The van der Waals surface area contributed by atoms with Gasteiger partial charge in [-0.2, -0.15) is 0 Å². The Labute approximate surface area is 95.0 Å². The van der Waals surface area contributed by atoms with Gasteiger partial charge in [0, 0.05) is 0 Å². The number of aliphatic hydroxyl groups excluding tert-OH is 1. The molecule has 16 heavy (non-hydrogen) atoms. The number of esters is 1. The van der Waals surface area contributed by atoms with Crippen molar-refractivity contribution in [3.05, 3.63) is 35.4 Å². The lowest BCUT2D eigenvalue weighted by atomic mass is 10.1. The minimum absolute atomic E-state index is 0.0416. The molecule has 3 nitrogen and oxygen atoms in total. The van der Waals surface area contributed by atoms with E-state index in [0.29, 0.717) is 12.5 Å². The van der Waals surface area contributed by atoms with E-state index in [-0.39, 0.29) is 18.5 Å². The van der Waals surface area contributed by atoms with Crippen molar-refractivity contribution in [2.24, 2.45) is 5.92 Å². The quantitative estimate of drug-likeness (QED) is 0.788. The van der Waals surface area contributed by atoms with Gasteiger partial charge < -0.3 is 9.84 Å². The van der Waals surface area contributed by atoms with E-state index in [0.717, 1.165) is 17.5 Å². The molecule has 0 bridgehead atoms. The maximum atomic E-state index is 11.4. The normalized spacial score (nSPS) is 22.9. The van der Waals surface area contributed by atoms with Gasteiger partial charge in [-0.25, -0.2) is 0 Å². The van der Waals surface area contributed by atoms with E-state index < -0.39 is 0 Å². The molecule has 2 atom stereocenters. The fourth-order valence-electron chi connectivity index (χ4n) is 1.94. The Morgan fingerprint density at radius 1 is 1.44 bits per heavy atom. The van der Waals surface area contributed by atoms with Crippen LogP contribution in [0.3, 0.4) is 0 Å². The molecule has 1 aliphatic carbocycles. The lowest BCUT2D eigenvalue weighted by Crippen LogP contribution is -2.07. The lowest BCUT2D eigenvalue weighted by molar-refractivity contribution is -0.144. The Balaban J connectivity index is 1.97. The predicted octanol–water partition coefficient (Wildman–Crippen LogP) is 1.85. The topological polar surface area (TPSA) is 46.5 Å². The van der Waals surface area contributed by atoms with Gasteiger partial charge in [-0.15, -0.1) is 0 Å². The van der Waals surface area contributed by atoms with E-state index in [9.17, 15) is 4.79 Å². The van der Waals surface area contributed by atoms with Crippen LogP contribution in [0.1, 0.15) is 30.4 Å². The first-order valence-corrected chi connectivity index (χ1v) is 5.62. The molecule has 1 aliphatic rings. The van der Waals surface area contributed by atoms with Gasteiger partial charge in [-0.1, -0.05) is 24.3 Å². The van der Waals surface area contributed by atoms with Crippen molar-refractivity contribution in [2.75, 3.05) is 6.61 Å². The van der Waals surface area contributed by atoms with E-state index in [2.05, 4.69) is 0 Å². The first kappa shape index (κ1) is 11.1. The first-order chi connectivity index (χ1) is 7.76. The second-order valence-corrected chi connectivity index (χ2v) is 4.10. The van der Waals surface area contributed by atoms with Crippen molar-refractivity contribution < 1.29 is 14.6 Å². The molecule has 2 unspecified atom stereocenters. The van der Waals surface area contributed by atoms with Crippen molar-refractivity contribution in [3.8, 4) is 0 Å². The summed E-state index contributed by atoms with van der Waals surface area (Å²) in [4.78, 5) is 11.4. The maximum Gasteiger partial charge on any atom is 0.309 e. The molecule has 1 fully saturated rings. The Kier molecular flexibility index (Phi) is 3.25. The van der Waals surface area contributed by atoms with Gasteiger partial charge in [0.25, 0.3) is 0 Å². The number of benzene rings is 1. The summed E-state index contributed by atoms with van der Waals surface area (Å²) in [5.41, 5.74) is 2.06. The average Bonchev–Trinajstić information content (AvgIpc) is 3.09. The Bertz CT molecular complexity index is 369. The highest BCUT2D eigenvalue weighted by Gasteiger charge is 2.44. The smallest absolute Gasteiger partial charge is 0.309 e. The van der Waals surface area contributed by atoms with E-state index >= 15 is 0 Å². The second-order valence-electron chi connectivity index (χ2n) is 4.10. The van der Waals surface area contributed by atoms with Gasteiger partial charge in [-0.05, 0) is 30.4 Å². The summed E-state index contributed by atoms with van der Waals surface area (Å²) < 4.78 is 4.98. The summed E-state index contributed by atoms with van der Waals surface area (Å²) >= 11 is 0. The molecule has 1 saturated carbocycles. The zero-order valence-corrected chi connectivity index (χ0v) is 9.35. The van der Waals surface area contributed by atoms with E-state index in [1.54, 1.807) is 0 Å². The molecule has 0 saturated heterocycles. The number of hydrogen-bond donors (Lipinski definition) is 1. The van der Waals surface area contributed by atoms with Crippen molar-refractivity contribution in [1.82, 2.24) is 0 Å². The molecule has 1 aromatic rings. The van der Waals surface area contributed by atoms with Crippen LogP contribution >= 0.6 is 0 Å². The summed E-state index contributed by atoms with van der Waals surface area (Å²) in [7, 11) is 0. The third kappa shape index (κ3) is 2.25. The molecule has 0 amide bonds. The Morgan fingerprint density at radius 2 is 2.12 bits per heavy atom. The van der Waals surface area contributed by atoms with Crippen LogP contribution in [0.4, 0.5) is 0 Å². The highest BCUT2D eigenvalue weighted by Crippen LogP contribution is 2.48. The minimum atomic E-state index is -0.0845. The molecule has 0 radical (unpaired) electrons. The predicted molar refractivity (Wildman–Crippen MR) is 59.8 cm³/mol. The summed E-state index contributed by atoms with van der Waals surface area (Å²) in [5.74, 6) is 0.269. The molecule has 0 aliphatic heterocycles. The van der Waals surface area contributed by atoms with Gasteiger partial charge in [0.1, 0.15) is 0 Å². The van der Waals surface area contributed by atoms with Crippen LogP contribution in [0.5, 0.6) is 0 Å². The van der Waals surface area contributed by atoms with Gasteiger partial charge >= 0.3 is 5.97 Å². The molecule has 2 rings (SSSR count). The molecule has 1 aromatic carbocycles. The average molecular weight is 220 g/mol. The van der Waals surface area contributed by atoms with Crippen LogP contribution in [0, 0.1) is 5.92 Å². The van der Waals surface area contributed by atoms with Crippen LogP contribution in [0.2, 0.25) is 0 Å². The van der Waals surface area contributed by atoms with Crippen LogP contribution in [-0.4, -0.2) is 17.7 Å². The number of carbonyl (C=O) groups excluding carboxylic acids is 1. The second kappa shape index (κ2) is 4.66. The van der Waals surface area contributed by atoms with Gasteiger partial charge in [0.2, 0.25) is 0 Å². The largest absolute Gasteiger partial charge is 0.466 e. The zero-order valence-electron chi connectivity index (χ0n) is 9.35. The molecular formula is C13H16O3. The lowest BCUT2D eigenvalue weighted by Gasteiger charge is -2.02. The van der Waals surface area contributed by atoms with Gasteiger partial charge in [0.05, 0.1) is 19.1 Å². The van der Waals surface area contributed by atoms with Gasteiger partial charge in [0.15, 0.2) is 0 Å². The number of aliphatic hydroxyl groups is 1. The number of rotatable bonds is 4. The maximum absolute atomic E-state index is 11.4. The molecule has 86 valence electrons. The molecule has 1 N–H and O–H groups in total.